The number of nitrogens with zero attached hydrogens (tertiary/aromatic N) is 2. The van der Waals surface area contributed by atoms with Gasteiger partial charge in [-0.15, -0.1) is 0 Å². The lowest BCUT2D eigenvalue weighted by molar-refractivity contribution is -0.191. The second-order valence-electron chi connectivity index (χ2n) is 9.27. The van der Waals surface area contributed by atoms with Crippen LogP contribution in [0.5, 0.6) is 5.75 Å². The molecule has 3 unspecified atom stereocenters. The van der Waals surface area contributed by atoms with E-state index in [1.165, 1.54) is 0 Å². The van der Waals surface area contributed by atoms with E-state index in [0.29, 0.717) is 72.1 Å². The number of hydrogen-bond donors (Lipinski definition) is 0. The Morgan fingerprint density at radius 3 is 2.00 bits per heavy atom. The molecule has 0 spiro atoms. The van der Waals surface area contributed by atoms with Gasteiger partial charge in [-0.3, -0.25) is 19.4 Å². The summed E-state index contributed by atoms with van der Waals surface area (Å²) in [6.07, 6.45) is 0.683. The molecule has 4 aliphatic rings. The number of carbonyl (C=O) groups is 2. The third-order valence-corrected chi connectivity index (χ3v) is 6.97. The molecule has 3 fully saturated rings. The molecule has 1 aromatic carbocycles. The van der Waals surface area contributed by atoms with E-state index in [2.05, 4.69) is 6.07 Å². The molecule has 3 saturated heterocycles. The maximum Gasteiger partial charge on any atom is 0.167 e. The fraction of sp³-hybridized carbons (Fsp3) is 0.680. The zero-order valence-corrected chi connectivity index (χ0v) is 19.9. The van der Waals surface area contributed by atoms with E-state index >= 15 is 0 Å². The summed E-state index contributed by atoms with van der Waals surface area (Å²) in [7, 11) is 0. The fourth-order valence-electron chi connectivity index (χ4n) is 4.90. The number of morpholine rings is 2. The molecule has 5 atom stereocenters. The average molecular weight is 491 g/mol. The van der Waals surface area contributed by atoms with E-state index in [-0.39, 0.29) is 6.10 Å². The molecular formula is C25H34N2O8. The highest BCUT2D eigenvalue weighted by Gasteiger charge is 2.38. The highest BCUT2D eigenvalue weighted by Crippen LogP contribution is 2.34. The first-order valence-corrected chi connectivity index (χ1v) is 12.5. The summed E-state index contributed by atoms with van der Waals surface area (Å²) in [5.74, 6) is 0.805. The first-order valence-electron chi connectivity index (χ1n) is 12.5. The molecule has 0 amide bonds. The molecule has 5 rings (SSSR count). The van der Waals surface area contributed by atoms with Gasteiger partial charge in [0.1, 0.15) is 18.5 Å². The summed E-state index contributed by atoms with van der Waals surface area (Å²) >= 11 is 0. The van der Waals surface area contributed by atoms with Gasteiger partial charge in [0.05, 0.1) is 45.2 Å². The van der Waals surface area contributed by atoms with Crippen LogP contribution >= 0.6 is 0 Å². The van der Waals surface area contributed by atoms with Gasteiger partial charge in [-0.05, 0) is 11.6 Å². The van der Waals surface area contributed by atoms with Crippen LogP contribution in [-0.2, 0) is 46.1 Å². The molecule has 0 bridgehead atoms. The maximum absolute atomic E-state index is 12.0. The van der Waals surface area contributed by atoms with Crippen LogP contribution in [0.2, 0.25) is 0 Å². The number of benzene rings is 1. The van der Waals surface area contributed by atoms with Crippen molar-refractivity contribution >= 4 is 12.6 Å². The van der Waals surface area contributed by atoms with E-state index in [1.807, 2.05) is 21.9 Å². The molecule has 35 heavy (non-hydrogen) atoms. The van der Waals surface area contributed by atoms with Crippen molar-refractivity contribution in [2.75, 3.05) is 65.8 Å². The highest BCUT2D eigenvalue weighted by molar-refractivity contribution is 5.56. The van der Waals surface area contributed by atoms with Gasteiger partial charge in [0, 0.05) is 44.6 Å². The third kappa shape index (κ3) is 6.26. The van der Waals surface area contributed by atoms with Crippen molar-refractivity contribution in [3.63, 3.8) is 0 Å². The molecule has 0 radical (unpaired) electrons. The normalized spacial score (nSPS) is 29.1. The number of aldehydes is 2. The summed E-state index contributed by atoms with van der Waals surface area (Å²) < 4.78 is 35.0. The van der Waals surface area contributed by atoms with Crippen molar-refractivity contribution in [1.82, 2.24) is 9.80 Å². The summed E-state index contributed by atoms with van der Waals surface area (Å²) in [5.41, 5.74) is 2.16. The van der Waals surface area contributed by atoms with E-state index in [9.17, 15) is 9.59 Å². The van der Waals surface area contributed by atoms with Gasteiger partial charge in [0.15, 0.2) is 25.0 Å². The molecule has 0 aromatic heterocycles. The SMILES string of the molecule is O=CC(O[C@H]1Cc2cccc(OCC3CO3)c2C[C@H]1OC(C=O)N1CCOCC1)N1CCOCC1. The topological polar surface area (TPSA) is 99.3 Å². The number of epoxide rings is 1. The van der Waals surface area contributed by atoms with Gasteiger partial charge in [-0.1, -0.05) is 12.1 Å². The lowest BCUT2D eigenvalue weighted by atomic mass is 9.86. The molecule has 192 valence electrons. The number of fused-ring (bicyclic) bond motifs is 1. The van der Waals surface area contributed by atoms with Gasteiger partial charge < -0.3 is 28.4 Å². The van der Waals surface area contributed by atoms with E-state index in [0.717, 1.165) is 36.1 Å². The zero-order chi connectivity index (χ0) is 24.0. The minimum absolute atomic E-state index is 0.153. The van der Waals surface area contributed by atoms with Crippen LogP contribution in [0.15, 0.2) is 18.2 Å². The molecule has 10 nitrogen and oxygen atoms in total. The summed E-state index contributed by atoms with van der Waals surface area (Å²) in [5, 5.41) is 0. The van der Waals surface area contributed by atoms with Crippen LogP contribution < -0.4 is 4.74 Å². The smallest absolute Gasteiger partial charge is 0.167 e. The van der Waals surface area contributed by atoms with Crippen LogP contribution in [0.4, 0.5) is 0 Å². The first kappa shape index (κ1) is 24.8. The van der Waals surface area contributed by atoms with E-state index in [1.54, 1.807) is 0 Å². The van der Waals surface area contributed by atoms with Crippen molar-refractivity contribution in [3.8, 4) is 5.75 Å². The van der Waals surface area contributed by atoms with Gasteiger partial charge in [0.2, 0.25) is 0 Å². The molecule has 0 N–H and O–H groups in total. The molecule has 1 aliphatic carbocycles. The standard InChI is InChI=1S/C25H34N2O8/c28-14-24(26-4-8-30-9-5-26)34-22-12-18-2-1-3-21(33-17-19-16-32-19)20(18)13-23(22)35-25(15-29)27-6-10-31-11-7-27/h1-3,14-15,19,22-25H,4-13,16-17H2/t19?,22-,23+,24?,25?/m0/s1. The second-order valence-corrected chi connectivity index (χ2v) is 9.27. The maximum atomic E-state index is 12.0. The minimum atomic E-state index is -0.706. The summed E-state index contributed by atoms with van der Waals surface area (Å²) in [6, 6.07) is 5.99. The van der Waals surface area contributed by atoms with Crippen LogP contribution in [-0.4, -0.2) is 119 Å². The third-order valence-electron chi connectivity index (χ3n) is 6.97. The average Bonchev–Trinajstić information content (AvgIpc) is 3.74. The Morgan fingerprint density at radius 1 is 0.886 bits per heavy atom. The van der Waals surface area contributed by atoms with E-state index in [4.69, 9.17) is 28.4 Å². The number of carbonyl (C=O) groups excluding carboxylic acids is 2. The van der Waals surface area contributed by atoms with Crippen LogP contribution in [0.1, 0.15) is 11.1 Å². The fourth-order valence-corrected chi connectivity index (χ4v) is 4.90. The van der Waals surface area contributed by atoms with Crippen molar-refractivity contribution in [2.45, 2.75) is 43.6 Å². The van der Waals surface area contributed by atoms with Crippen molar-refractivity contribution in [1.29, 1.82) is 0 Å². The quantitative estimate of drug-likeness (QED) is 0.312. The molecule has 0 saturated carbocycles. The van der Waals surface area contributed by atoms with Crippen LogP contribution in [0, 0.1) is 0 Å². The zero-order valence-electron chi connectivity index (χ0n) is 19.9. The molecule has 3 heterocycles. The monoisotopic (exact) mass is 490 g/mol. The van der Waals surface area contributed by atoms with Gasteiger partial charge >= 0.3 is 0 Å². The summed E-state index contributed by atoms with van der Waals surface area (Å²) in [4.78, 5) is 28.0. The number of rotatable bonds is 11. The van der Waals surface area contributed by atoms with Crippen molar-refractivity contribution in [3.05, 3.63) is 29.3 Å². The van der Waals surface area contributed by atoms with E-state index < -0.39 is 24.7 Å². The predicted molar refractivity (Wildman–Crippen MR) is 123 cm³/mol. The number of ether oxygens (including phenoxy) is 6. The predicted octanol–water partition coefficient (Wildman–Crippen LogP) is 0.0476. The molecule has 1 aromatic rings. The Balaban J connectivity index is 1.36. The summed E-state index contributed by atoms with van der Waals surface area (Å²) in [6.45, 7) is 6.00. The Bertz CT molecular complexity index is 854. The first-order chi connectivity index (χ1) is 17.2. The highest BCUT2D eigenvalue weighted by atomic mass is 16.6. The Kier molecular flexibility index (Phi) is 8.40. The minimum Gasteiger partial charge on any atom is -0.490 e. The van der Waals surface area contributed by atoms with Crippen molar-refractivity contribution < 1.29 is 38.0 Å². The van der Waals surface area contributed by atoms with Gasteiger partial charge in [-0.25, -0.2) is 0 Å². The molecule has 10 heteroatoms. The Hall–Kier alpha value is -1.92. The van der Waals surface area contributed by atoms with Gasteiger partial charge in [-0.2, -0.15) is 0 Å². The molecule has 3 aliphatic heterocycles. The Morgan fingerprint density at radius 2 is 1.46 bits per heavy atom. The lowest BCUT2D eigenvalue weighted by Crippen LogP contribution is -2.53. The molecular weight excluding hydrogens is 456 g/mol. The van der Waals surface area contributed by atoms with Crippen molar-refractivity contribution in [2.24, 2.45) is 0 Å². The van der Waals surface area contributed by atoms with Crippen LogP contribution in [0.3, 0.4) is 0 Å². The second kappa shape index (κ2) is 11.9. The Labute approximate surface area is 205 Å². The number of hydrogen-bond acceptors (Lipinski definition) is 10. The van der Waals surface area contributed by atoms with Gasteiger partial charge in [0.25, 0.3) is 0 Å². The lowest BCUT2D eigenvalue weighted by Gasteiger charge is -2.40. The largest absolute Gasteiger partial charge is 0.490 e. The van der Waals surface area contributed by atoms with Crippen LogP contribution in [0.25, 0.3) is 0 Å².